The summed E-state index contributed by atoms with van der Waals surface area (Å²) in [6.07, 6.45) is 0. The Morgan fingerprint density at radius 2 is 1.18 bits per heavy atom. The number of benzene rings is 1. The topological polar surface area (TPSA) is 52.6 Å². The lowest BCUT2D eigenvalue weighted by atomic mass is 10.4. The van der Waals surface area contributed by atoms with Crippen LogP contribution < -0.4 is 0 Å². The van der Waals surface area contributed by atoms with Gasteiger partial charge in [0.1, 0.15) is 0 Å². The van der Waals surface area contributed by atoms with Crippen LogP contribution in [-0.2, 0) is 8.37 Å². The van der Waals surface area contributed by atoms with Gasteiger partial charge in [0.15, 0.2) is 0 Å². The second-order valence-electron chi connectivity index (χ2n) is 3.28. The summed E-state index contributed by atoms with van der Waals surface area (Å²) >= 11 is 1.72. The zero-order valence-corrected chi connectivity index (χ0v) is 16.7. The van der Waals surface area contributed by atoms with Crippen molar-refractivity contribution in [1.82, 2.24) is 0 Å². The van der Waals surface area contributed by atoms with Crippen LogP contribution in [0, 0.1) is 0 Å². The van der Waals surface area contributed by atoms with E-state index in [4.69, 9.17) is 8.37 Å². The first-order valence-corrected chi connectivity index (χ1v) is 11.9. The third-order valence-corrected chi connectivity index (χ3v) is 8.18. The van der Waals surface area contributed by atoms with Crippen molar-refractivity contribution in [2.75, 3.05) is 13.2 Å². The Labute approximate surface area is 154 Å². The van der Waals surface area contributed by atoms with E-state index in [9.17, 15) is 9.59 Å². The highest BCUT2D eigenvalue weighted by Gasteiger charge is 2.08. The molecule has 4 nitrogen and oxygen atoms in total. The molecular formula is C12H14O4S6. The Bertz CT molecular complexity index is 424. The van der Waals surface area contributed by atoms with Gasteiger partial charge in [-0.15, -0.1) is 0 Å². The molecule has 0 amide bonds. The van der Waals surface area contributed by atoms with Gasteiger partial charge in [-0.1, -0.05) is 0 Å². The van der Waals surface area contributed by atoms with E-state index in [0.717, 1.165) is 55.5 Å². The molecule has 1 aromatic rings. The largest absolute Gasteiger partial charge is 0.308 e. The molecule has 122 valence electrons. The summed E-state index contributed by atoms with van der Waals surface area (Å²) in [5.41, 5.74) is 0. The fraction of sp³-hybridized carbons (Fsp3) is 0.333. The molecule has 0 bridgehead atoms. The van der Waals surface area contributed by atoms with Gasteiger partial charge in [-0.05, 0) is 59.7 Å². The number of carbonyl (C=O) groups is 2. The maximum absolute atomic E-state index is 11.4. The van der Waals surface area contributed by atoms with Crippen LogP contribution in [-0.4, -0.2) is 22.1 Å². The van der Waals surface area contributed by atoms with Crippen LogP contribution >= 0.6 is 67.3 Å². The predicted octanol–water partition coefficient (Wildman–Crippen LogP) is 6.78. The Kier molecular flexibility index (Phi) is 12.1. The molecule has 22 heavy (non-hydrogen) atoms. The van der Waals surface area contributed by atoms with E-state index in [1.54, 1.807) is 0 Å². The molecule has 0 spiro atoms. The van der Waals surface area contributed by atoms with Crippen LogP contribution in [0.25, 0.3) is 0 Å². The van der Waals surface area contributed by atoms with Crippen LogP contribution in [0.1, 0.15) is 13.8 Å². The van der Waals surface area contributed by atoms with Crippen molar-refractivity contribution < 1.29 is 18.0 Å². The SMILES string of the molecule is CCOSC(=O)SSc1ccc(SSC(=O)SOCC)cc1. The van der Waals surface area contributed by atoms with Gasteiger partial charge >= 0.3 is 0 Å². The van der Waals surface area contributed by atoms with E-state index in [1.165, 1.54) is 21.6 Å². The molecule has 0 saturated carbocycles. The highest BCUT2D eigenvalue weighted by Crippen LogP contribution is 2.39. The van der Waals surface area contributed by atoms with Crippen LogP contribution in [0.2, 0.25) is 0 Å². The Morgan fingerprint density at radius 3 is 1.50 bits per heavy atom. The zero-order valence-electron chi connectivity index (χ0n) is 11.8. The highest BCUT2D eigenvalue weighted by atomic mass is 33.1. The minimum atomic E-state index is -0.0839. The van der Waals surface area contributed by atoms with Gasteiger partial charge in [0.25, 0.3) is 8.89 Å². The first-order valence-electron chi connectivity index (χ1n) is 6.11. The van der Waals surface area contributed by atoms with Crippen LogP contribution in [0.3, 0.4) is 0 Å². The van der Waals surface area contributed by atoms with Gasteiger partial charge in [-0.2, -0.15) is 0 Å². The average Bonchev–Trinajstić information content (AvgIpc) is 2.55. The number of hydrogen-bond acceptors (Lipinski definition) is 10. The molecule has 0 saturated heterocycles. The third kappa shape index (κ3) is 9.66. The summed E-state index contributed by atoms with van der Waals surface area (Å²) in [5, 5.41) is 0. The van der Waals surface area contributed by atoms with Gasteiger partial charge in [-0.3, -0.25) is 9.59 Å². The quantitative estimate of drug-likeness (QED) is 0.336. The van der Waals surface area contributed by atoms with Crippen LogP contribution in [0.5, 0.6) is 0 Å². The smallest absolute Gasteiger partial charge is 0.283 e. The molecule has 0 aliphatic carbocycles. The second-order valence-corrected chi connectivity index (χ2v) is 9.70. The molecule has 0 aliphatic heterocycles. The maximum Gasteiger partial charge on any atom is 0.283 e. The van der Waals surface area contributed by atoms with Crippen molar-refractivity contribution in [3.05, 3.63) is 24.3 Å². The van der Waals surface area contributed by atoms with E-state index in [0.29, 0.717) is 13.2 Å². The molecule has 0 fully saturated rings. The predicted molar refractivity (Wildman–Crippen MR) is 103 cm³/mol. The van der Waals surface area contributed by atoms with Gasteiger partial charge in [0.05, 0.1) is 37.3 Å². The lowest BCUT2D eigenvalue weighted by Gasteiger charge is -2.02. The molecule has 0 heterocycles. The molecule has 0 N–H and O–H groups in total. The van der Waals surface area contributed by atoms with E-state index >= 15 is 0 Å². The minimum absolute atomic E-state index is 0.0839. The minimum Gasteiger partial charge on any atom is -0.308 e. The van der Waals surface area contributed by atoms with Crippen molar-refractivity contribution in [3.8, 4) is 0 Å². The van der Waals surface area contributed by atoms with Gasteiger partial charge in [0, 0.05) is 31.4 Å². The third-order valence-electron chi connectivity index (χ3n) is 1.73. The van der Waals surface area contributed by atoms with Crippen molar-refractivity contribution in [2.24, 2.45) is 0 Å². The van der Waals surface area contributed by atoms with Crippen molar-refractivity contribution in [1.29, 1.82) is 0 Å². The molecule has 0 aromatic heterocycles. The Balaban J connectivity index is 2.30. The van der Waals surface area contributed by atoms with E-state index < -0.39 is 0 Å². The molecule has 10 heteroatoms. The molecule has 0 atom stereocenters. The summed E-state index contributed by atoms with van der Waals surface area (Å²) in [5.74, 6) is 0. The van der Waals surface area contributed by atoms with Gasteiger partial charge in [0.2, 0.25) is 0 Å². The standard InChI is InChI=1S/C12H14O4S6/c1-3-15-17-11(13)21-19-9-5-7-10(8-6-9)20-22-12(14)18-16-4-2/h5-8H,3-4H2,1-2H3. The normalized spacial score (nSPS) is 10.6. The maximum atomic E-state index is 11.4. The summed E-state index contributed by atoms with van der Waals surface area (Å²) < 4.78 is 9.77. The molecule has 1 rings (SSSR count). The Hall–Kier alpha value is 0.580. The summed E-state index contributed by atoms with van der Waals surface area (Å²) in [6.45, 7) is 4.69. The highest BCUT2D eigenvalue weighted by molar-refractivity contribution is 8.86. The Morgan fingerprint density at radius 1 is 0.818 bits per heavy atom. The molecule has 0 radical (unpaired) electrons. The summed E-state index contributed by atoms with van der Waals surface area (Å²) in [7, 11) is 5.03. The lowest BCUT2D eigenvalue weighted by molar-refractivity contribution is 0.274. The first kappa shape index (κ1) is 20.6. The summed E-state index contributed by atoms with van der Waals surface area (Å²) in [4.78, 5) is 24.8. The number of carbonyl (C=O) groups excluding carboxylic acids is 2. The molecule has 1 aromatic carbocycles. The number of hydrogen-bond donors (Lipinski definition) is 0. The van der Waals surface area contributed by atoms with Crippen LogP contribution in [0.4, 0.5) is 9.59 Å². The van der Waals surface area contributed by atoms with E-state index in [1.807, 2.05) is 38.1 Å². The fourth-order valence-corrected chi connectivity index (χ4v) is 5.48. The van der Waals surface area contributed by atoms with Crippen LogP contribution in [0.15, 0.2) is 34.1 Å². The lowest BCUT2D eigenvalue weighted by Crippen LogP contribution is -1.83. The van der Waals surface area contributed by atoms with Gasteiger partial charge in [-0.25, -0.2) is 0 Å². The molecule has 0 unspecified atom stereocenters. The van der Waals surface area contributed by atoms with Gasteiger partial charge < -0.3 is 8.37 Å². The van der Waals surface area contributed by atoms with Crippen molar-refractivity contribution in [2.45, 2.75) is 23.6 Å². The monoisotopic (exact) mass is 414 g/mol. The molecule has 0 aliphatic rings. The average molecular weight is 415 g/mol. The zero-order chi connectivity index (χ0) is 16.2. The second kappa shape index (κ2) is 12.9. The first-order chi connectivity index (χ1) is 10.7. The molecular weight excluding hydrogens is 401 g/mol. The van der Waals surface area contributed by atoms with E-state index in [-0.39, 0.29) is 8.89 Å². The van der Waals surface area contributed by atoms with Crippen molar-refractivity contribution >= 4 is 76.2 Å². The summed E-state index contributed by atoms with van der Waals surface area (Å²) in [6, 6.07) is 7.66. The van der Waals surface area contributed by atoms with Crippen molar-refractivity contribution in [3.63, 3.8) is 0 Å². The van der Waals surface area contributed by atoms with E-state index in [2.05, 4.69) is 0 Å². The number of rotatable bonds is 8. The fourth-order valence-electron chi connectivity index (χ4n) is 0.957.